The fourth-order valence-corrected chi connectivity index (χ4v) is 2.20. The average molecular weight is 246 g/mol. The lowest BCUT2D eigenvalue weighted by Crippen LogP contribution is -2.34. The molecule has 2 rings (SSSR count). The van der Waals surface area contributed by atoms with Gasteiger partial charge in [0, 0.05) is 18.0 Å². The fourth-order valence-electron chi connectivity index (χ4n) is 2.20. The van der Waals surface area contributed by atoms with Crippen LogP contribution in [0.4, 0.5) is 0 Å². The topological polar surface area (TPSA) is 24.1 Å². The summed E-state index contributed by atoms with van der Waals surface area (Å²) in [6.45, 7) is 7.91. The van der Waals surface area contributed by atoms with Crippen LogP contribution in [0.25, 0.3) is 0 Å². The summed E-state index contributed by atoms with van der Waals surface area (Å²) in [5, 5.41) is 7.12. The molecule has 0 spiro atoms. The lowest BCUT2D eigenvalue weighted by atomic mass is 9.84. The molecule has 2 N–H and O–H groups in total. The Morgan fingerprint density at radius 1 is 1.11 bits per heavy atom. The molecular formula is C16H26N2. The third-order valence-electron chi connectivity index (χ3n) is 3.66. The van der Waals surface area contributed by atoms with Gasteiger partial charge in [0.25, 0.3) is 0 Å². The first kappa shape index (κ1) is 13.6. The van der Waals surface area contributed by atoms with Gasteiger partial charge in [0.1, 0.15) is 0 Å². The van der Waals surface area contributed by atoms with Gasteiger partial charge in [-0.05, 0) is 37.9 Å². The highest BCUT2D eigenvalue weighted by atomic mass is 15.0. The lowest BCUT2D eigenvalue weighted by Gasteiger charge is -2.25. The number of benzene rings is 1. The zero-order chi connectivity index (χ0) is 12.8. The third-order valence-corrected chi connectivity index (χ3v) is 3.66. The third kappa shape index (κ3) is 4.43. The van der Waals surface area contributed by atoms with Crippen LogP contribution in [0.3, 0.4) is 0 Å². The second kappa shape index (κ2) is 6.35. The van der Waals surface area contributed by atoms with Gasteiger partial charge in [0.15, 0.2) is 0 Å². The minimum absolute atomic E-state index is 0.213. The summed E-state index contributed by atoms with van der Waals surface area (Å²) in [4.78, 5) is 0. The highest BCUT2D eigenvalue weighted by molar-refractivity contribution is 5.23. The van der Waals surface area contributed by atoms with Crippen molar-refractivity contribution in [3.05, 3.63) is 35.9 Å². The van der Waals surface area contributed by atoms with E-state index >= 15 is 0 Å². The van der Waals surface area contributed by atoms with E-state index in [0.717, 1.165) is 25.7 Å². The van der Waals surface area contributed by atoms with Gasteiger partial charge in [-0.3, -0.25) is 0 Å². The van der Waals surface area contributed by atoms with Gasteiger partial charge < -0.3 is 10.6 Å². The summed E-state index contributed by atoms with van der Waals surface area (Å²) in [5.41, 5.74) is 1.62. The monoisotopic (exact) mass is 246 g/mol. The second-order valence-electron chi connectivity index (χ2n) is 6.01. The highest BCUT2D eigenvalue weighted by Gasteiger charge is 2.20. The van der Waals surface area contributed by atoms with Crippen molar-refractivity contribution in [3.63, 3.8) is 0 Å². The van der Waals surface area contributed by atoms with Gasteiger partial charge in [-0.1, -0.05) is 44.2 Å². The van der Waals surface area contributed by atoms with E-state index in [1.165, 1.54) is 24.8 Å². The lowest BCUT2D eigenvalue weighted by molar-refractivity contribution is 0.462. The normalized spacial score (nSPS) is 15.9. The summed E-state index contributed by atoms with van der Waals surface area (Å²) in [5.74, 6) is 0. The quantitative estimate of drug-likeness (QED) is 0.689. The van der Waals surface area contributed by atoms with Gasteiger partial charge in [0.05, 0.1) is 0 Å². The molecule has 100 valence electrons. The predicted octanol–water partition coefficient (Wildman–Crippen LogP) is 2.70. The molecule has 0 aliphatic heterocycles. The summed E-state index contributed by atoms with van der Waals surface area (Å²) >= 11 is 0. The van der Waals surface area contributed by atoms with E-state index < -0.39 is 0 Å². The molecule has 0 aromatic heterocycles. The minimum atomic E-state index is 0.213. The summed E-state index contributed by atoms with van der Waals surface area (Å²) in [6, 6.07) is 11.6. The van der Waals surface area contributed by atoms with Crippen LogP contribution in [0, 0.1) is 0 Å². The molecule has 0 amide bonds. The summed E-state index contributed by atoms with van der Waals surface area (Å²) in [6.07, 6.45) is 3.99. The smallest absolute Gasteiger partial charge is 0.00682 e. The molecule has 2 nitrogen and oxygen atoms in total. The maximum atomic E-state index is 3.58. The molecular weight excluding hydrogens is 220 g/mol. The van der Waals surface area contributed by atoms with Crippen LogP contribution in [0.2, 0.25) is 0 Å². The van der Waals surface area contributed by atoms with Crippen LogP contribution in [0.5, 0.6) is 0 Å². The van der Waals surface area contributed by atoms with E-state index in [-0.39, 0.29) is 5.41 Å². The van der Waals surface area contributed by atoms with E-state index in [2.05, 4.69) is 54.8 Å². The van der Waals surface area contributed by atoms with Gasteiger partial charge in [-0.15, -0.1) is 0 Å². The van der Waals surface area contributed by atoms with Crippen LogP contribution < -0.4 is 10.6 Å². The molecule has 1 aromatic rings. The molecule has 2 heteroatoms. The van der Waals surface area contributed by atoms with Crippen molar-refractivity contribution in [1.82, 2.24) is 10.6 Å². The maximum absolute atomic E-state index is 3.58. The number of nitrogens with one attached hydrogen (secondary N) is 2. The molecule has 0 radical (unpaired) electrons. The van der Waals surface area contributed by atoms with Crippen molar-refractivity contribution in [2.75, 3.05) is 19.6 Å². The fraction of sp³-hybridized carbons (Fsp3) is 0.625. The molecule has 0 unspecified atom stereocenters. The van der Waals surface area contributed by atoms with E-state index in [1.54, 1.807) is 0 Å². The number of hydrogen-bond donors (Lipinski definition) is 2. The molecule has 1 aromatic carbocycles. The Hall–Kier alpha value is -0.860. The number of rotatable bonds is 8. The Kier molecular flexibility index (Phi) is 4.79. The molecule has 0 saturated heterocycles. The molecule has 1 saturated carbocycles. The van der Waals surface area contributed by atoms with Crippen LogP contribution in [0.1, 0.15) is 38.7 Å². The SMILES string of the molecule is CC(C)(CNCCCNC1CC1)c1ccccc1. The first-order valence-electron chi connectivity index (χ1n) is 7.18. The zero-order valence-electron chi connectivity index (χ0n) is 11.7. The van der Waals surface area contributed by atoms with Crippen LogP contribution in [-0.4, -0.2) is 25.7 Å². The molecule has 0 bridgehead atoms. The number of hydrogen-bond acceptors (Lipinski definition) is 2. The Bertz CT molecular complexity index is 341. The Morgan fingerprint density at radius 3 is 2.50 bits per heavy atom. The zero-order valence-corrected chi connectivity index (χ0v) is 11.7. The molecule has 1 aliphatic carbocycles. The van der Waals surface area contributed by atoms with Crippen molar-refractivity contribution in [1.29, 1.82) is 0 Å². The van der Waals surface area contributed by atoms with Crippen molar-refractivity contribution in [2.45, 2.75) is 44.6 Å². The Labute approximate surface area is 111 Å². The maximum Gasteiger partial charge on any atom is 0.00682 e. The van der Waals surface area contributed by atoms with E-state index in [1.807, 2.05) is 0 Å². The molecule has 18 heavy (non-hydrogen) atoms. The first-order valence-corrected chi connectivity index (χ1v) is 7.18. The molecule has 1 aliphatic rings. The molecule has 0 heterocycles. The van der Waals surface area contributed by atoms with Gasteiger partial charge in [0.2, 0.25) is 0 Å². The van der Waals surface area contributed by atoms with Crippen molar-refractivity contribution in [2.24, 2.45) is 0 Å². The largest absolute Gasteiger partial charge is 0.316 e. The van der Waals surface area contributed by atoms with Crippen LogP contribution >= 0.6 is 0 Å². The molecule has 1 fully saturated rings. The molecule has 0 atom stereocenters. The summed E-state index contributed by atoms with van der Waals surface area (Å²) < 4.78 is 0. The predicted molar refractivity (Wildman–Crippen MR) is 78.0 cm³/mol. The van der Waals surface area contributed by atoms with Crippen molar-refractivity contribution in [3.8, 4) is 0 Å². The van der Waals surface area contributed by atoms with E-state index in [9.17, 15) is 0 Å². The van der Waals surface area contributed by atoms with Crippen LogP contribution in [0.15, 0.2) is 30.3 Å². The van der Waals surface area contributed by atoms with Gasteiger partial charge in [-0.2, -0.15) is 0 Å². The highest BCUT2D eigenvalue weighted by Crippen LogP contribution is 2.21. The average Bonchev–Trinajstić information content (AvgIpc) is 3.19. The standard InChI is InChI=1S/C16H26N2/c1-16(2,14-7-4-3-5-8-14)13-17-11-6-12-18-15-9-10-15/h3-5,7-8,15,17-18H,6,9-13H2,1-2H3. The van der Waals surface area contributed by atoms with Crippen LogP contribution in [-0.2, 0) is 5.41 Å². The van der Waals surface area contributed by atoms with Crippen molar-refractivity contribution < 1.29 is 0 Å². The first-order chi connectivity index (χ1) is 8.68. The van der Waals surface area contributed by atoms with Gasteiger partial charge in [-0.25, -0.2) is 0 Å². The summed E-state index contributed by atoms with van der Waals surface area (Å²) in [7, 11) is 0. The van der Waals surface area contributed by atoms with E-state index in [0.29, 0.717) is 0 Å². The minimum Gasteiger partial charge on any atom is -0.316 e. The van der Waals surface area contributed by atoms with Crippen molar-refractivity contribution >= 4 is 0 Å². The second-order valence-corrected chi connectivity index (χ2v) is 6.01. The Morgan fingerprint density at radius 2 is 1.83 bits per heavy atom. The van der Waals surface area contributed by atoms with Gasteiger partial charge >= 0.3 is 0 Å². The van der Waals surface area contributed by atoms with E-state index in [4.69, 9.17) is 0 Å². The Balaban J connectivity index is 1.62.